The van der Waals surface area contributed by atoms with Gasteiger partial charge in [0.1, 0.15) is 10.6 Å². The molecule has 0 unspecified atom stereocenters. The maximum absolute atomic E-state index is 12.8. The van der Waals surface area contributed by atoms with Crippen molar-refractivity contribution in [3.05, 3.63) is 24.3 Å². The molecule has 0 bridgehead atoms. The van der Waals surface area contributed by atoms with Gasteiger partial charge in [-0.3, -0.25) is 4.90 Å². The molecule has 0 amide bonds. The first kappa shape index (κ1) is 21.7. The number of nitrogens with zero attached hydrogens (tertiary/aromatic N) is 1. The van der Waals surface area contributed by atoms with E-state index in [1.54, 1.807) is 0 Å². The molecular weight excluding hydrogens is 417 g/mol. The van der Waals surface area contributed by atoms with Gasteiger partial charge in [-0.15, -0.1) is 13.2 Å². The van der Waals surface area contributed by atoms with E-state index in [9.17, 15) is 21.6 Å². The van der Waals surface area contributed by atoms with Crippen molar-refractivity contribution >= 4 is 21.8 Å². The van der Waals surface area contributed by atoms with Gasteiger partial charge in [-0.2, -0.15) is 11.8 Å². The van der Waals surface area contributed by atoms with Gasteiger partial charge >= 0.3 is 6.36 Å². The summed E-state index contributed by atoms with van der Waals surface area (Å²) in [5.41, 5.74) is -0.359. The van der Waals surface area contributed by atoms with Crippen molar-refractivity contribution in [2.75, 3.05) is 44.4 Å². The fraction of sp³-hybridized carbons (Fsp3) is 0.647. The zero-order chi connectivity index (χ0) is 20.3. The highest BCUT2D eigenvalue weighted by Gasteiger charge is 2.40. The number of alkyl halides is 3. The quantitative estimate of drug-likeness (QED) is 0.733. The maximum atomic E-state index is 12.8. The molecule has 1 aromatic rings. The Morgan fingerprint density at radius 3 is 2.46 bits per heavy atom. The summed E-state index contributed by atoms with van der Waals surface area (Å²) in [5.74, 6) is 1.09. The molecule has 0 aliphatic carbocycles. The van der Waals surface area contributed by atoms with Crippen LogP contribution in [0.5, 0.6) is 5.75 Å². The second kappa shape index (κ2) is 8.78. The van der Waals surface area contributed by atoms with Crippen LogP contribution < -0.4 is 9.46 Å². The fourth-order valence-corrected chi connectivity index (χ4v) is 6.08. The summed E-state index contributed by atoms with van der Waals surface area (Å²) in [6.07, 6.45) is -3.36. The van der Waals surface area contributed by atoms with Crippen LogP contribution in [0.25, 0.3) is 0 Å². The Kier molecular flexibility index (Phi) is 6.80. The summed E-state index contributed by atoms with van der Waals surface area (Å²) in [6.45, 7) is 2.73. The summed E-state index contributed by atoms with van der Waals surface area (Å²) in [7, 11) is -4.18. The van der Waals surface area contributed by atoms with E-state index in [4.69, 9.17) is 4.74 Å². The molecule has 11 heteroatoms. The molecule has 2 saturated heterocycles. The third kappa shape index (κ3) is 5.32. The minimum atomic E-state index is -4.97. The van der Waals surface area contributed by atoms with Crippen LogP contribution in [0.3, 0.4) is 0 Å². The van der Waals surface area contributed by atoms with Crippen molar-refractivity contribution < 1.29 is 31.1 Å². The van der Waals surface area contributed by atoms with Gasteiger partial charge in [0.2, 0.25) is 10.0 Å². The fourth-order valence-electron chi connectivity index (χ4n) is 3.58. The van der Waals surface area contributed by atoms with Crippen molar-refractivity contribution in [2.45, 2.75) is 29.6 Å². The van der Waals surface area contributed by atoms with Gasteiger partial charge in [-0.05, 0) is 36.5 Å². The molecule has 2 heterocycles. The molecule has 1 N–H and O–H groups in total. The summed E-state index contributed by atoms with van der Waals surface area (Å²) < 4.78 is 75.3. The van der Waals surface area contributed by atoms with Crippen LogP contribution in [-0.4, -0.2) is 69.6 Å². The molecule has 0 atom stereocenters. The Bertz CT molecular complexity index is 762. The minimum Gasteiger partial charge on any atom is -0.404 e. The lowest BCUT2D eigenvalue weighted by atomic mass is 9.89. The topological polar surface area (TPSA) is 67.9 Å². The molecule has 0 radical (unpaired) electrons. The summed E-state index contributed by atoms with van der Waals surface area (Å²) in [4.78, 5) is 1.73. The van der Waals surface area contributed by atoms with Crippen LogP contribution in [0, 0.1) is 0 Å². The number of benzene rings is 1. The number of halogens is 3. The molecule has 28 heavy (non-hydrogen) atoms. The van der Waals surface area contributed by atoms with Crippen LogP contribution in [0.4, 0.5) is 13.2 Å². The predicted molar refractivity (Wildman–Crippen MR) is 100.0 cm³/mol. The van der Waals surface area contributed by atoms with Gasteiger partial charge in [0.05, 0.1) is 13.2 Å². The smallest absolute Gasteiger partial charge is 0.404 e. The second-order valence-corrected chi connectivity index (χ2v) is 9.72. The molecule has 2 fully saturated rings. The van der Waals surface area contributed by atoms with Crippen LogP contribution >= 0.6 is 11.8 Å². The highest BCUT2D eigenvalue weighted by molar-refractivity contribution is 7.99. The molecular formula is C17H23F3N2O4S2. The molecule has 1 aromatic carbocycles. The lowest BCUT2D eigenvalue weighted by Crippen LogP contribution is -2.60. The zero-order valence-corrected chi connectivity index (χ0v) is 16.8. The Morgan fingerprint density at radius 2 is 1.82 bits per heavy atom. The lowest BCUT2D eigenvalue weighted by Gasteiger charge is -2.48. The lowest BCUT2D eigenvalue weighted by molar-refractivity contribution is -0.275. The highest BCUT2D eigenvalue weighted by atomic mass is 32.2. The first-order valence-corrected chi connectivity index (χ1v) is 11.6. The summed E-state index contributed by atoms with van der Waals surface area (Å²) >= 11 is 1.82. The summed E-state index contributed by atoms with van der Waals surface area (Å²) in [6, 6.07) is 4.78. The average Bonchev–Trinajstić information content (AvgIpc) is 2.67. The van der Waals surface area contributed by atoms with Crippen LogP contribution in [-0.2, 0) is 14.8 Å². The number of rotatable bonds is 6. The van der Waals surface area contributed by atoms with E-state index in [2.05, 4.69) is 14.4 Å². The molecule has 2 aliphatic rings. The van der Waals surface area contributed by atoms with Crippen LogP contribution in [0.1, 0.15) is 12.8 Å². The zero-order valence-electron chi connectivity index (χ0n) is 15.2. The number of nitrogens with one attached hydrogen (secondary N) is 1. The number of sulfonamides is 1. The highest BCUT2D eigenvalue weighted by Crippen LogP contribution is 2.34. The Hall–Kier alpha value is -1.01. The molecule has 158 valence electrons. The van der Waals surface area contributed by atoms with Gasteiger partial charge in [0.15, 0.2) is 0 Å². The van der Waals surface area contributed by atoms with Crippen molar-refractivity contribution in [1.29, 1.82) is 0 Å². The van der Waals surface area contributed by atoms with Gasteiger partial charge in [-0.25, -0.2) is 13.1 Å². The van der Waals surface area contributed by atoms with Crippen molar-refractivity contribution in [1.82, 2.24) is 9.62 Å². The second-order valence-electron chi connectivity index (χ2n) is 6.76. The molecule has 2 aliphatic heterocycles. The number of ether oxygens (including phenoxy) is 2. The van der Waals surface area contributed by atoms with E-state index in [1.165, 1.54) is 12.1 Å². The van der Waals surface area contributed by atoms with Crippen molar-refractivity contribution in [2.24, 2.45) is 0 Å². The van der Waals surface area contributed by atoms with Crippen LogP contribution in [0.2, 0.25) is 0 Å². The third-order valence-corrected chi connectivity index (χ3v) is 7.49. The first-order chi connectivity index (χ1) is 13.2. The Morgan fingerprint density at radius 1 is 1.18 bits per heavy atom. The van der Waals surface area contributed by atoms with Crippen molar-refractivity contribution in [3.63, 3.8) is 0 Å². The minimum absolute atomic E-state index is 0.135. The van der Waals surface area contributed by atoms with Crippen molar-refractivity contribution in [3.8, 4) is 5.75 Å². The number of hydrogen-bond donors (Lipinski definition) is 1. The number of para-hydroxylation sites is 1. The van der Waals surface area contributed by atoms with Gasteiger partial charge < -0.3 is 9.47 Å². The van der Waals surface area contributed by atoms with E-state index in [0.717, 1.165) is 36.5 Å². The molecule has 0 spiro atoms. The molecule has 3 rings (SSSR count). The number of hydrogen-bond acceptors (Lipinski definition) is 6. The largest absolute Gasteiger partial charge is 0.573 e. The molecule has 6 nitrogen and oxygen atoms in total. The Labute approximate surface area is 166 Å². The predicted octanol–water partition coefficient (Wildman–Crippen LogP) is 2.46. The van der Waals surface area contributed by atoms with E-state index in [-0.39, 0.29) is 12.1 Å². The van der Waals surface area contributed by atoms with Gasteiger partial charge in [-0.1, -0.05) is 12.1 Å². The molecule has 0 aromatic heterocycles. The van der Waals surface area contributed by atoms with Gasteiger partial charge in [0.25, 0.3) is 0 Å². The third-order valence-electron chi connectivity index (χ3n) is 5.06. The molecule has 0 saturated carbocycles. The van der Waals surface area contributed by atoms with E-state index in [1.807, 2.05) is 11.8 Å². The standard InChI is InChI=1S/C17H23F3N2O4S2/c18-17(19,20)26-14-3-1-2-4-15(14)28(23,24)21-13-16(5-11-27-12-6-16)22-7-9-25-10-8-22/h1-4,21H,5-13H2. The maximum Gasteiger partial charge on any atom is 0.573 e. The Balaban J connectivity index is 1.79. The summed E-state index contributed by atoms with van der Waals surface area (Å²) in [5, 5.41) is 0. The monoisotopic (exact) mass is 440 g/mol. The van der Waals surface area contributed by atoms with E-state index in [0.29, 0.717) is 26.3 Å². The van der Waals surface area contributed by atoms with E-state index < -0.39 is 27.0 Å². The number of morpholine rings is 1. The SMILES string of the molecule is O=S(=O)(NCC1(N2CCOCC2)CCSCC1)c1ccccc1OC(F)(F)F. The first-order valence-electron chi connectivity index (χ1n) is 8.97. The van der Waals surface area contributed by atoms with E-state index >= 15 is 0 Å². The normalized spacial score (nSPS) is 21.4. The van der Waals surface area contributed by atoms with Crippen LogP contribution in [0.15, 0.2) is 29.2 Å². The number of thioether (sulfide) groups is 1. The van der Waals surface area contributed by atoms with Gasteiger partial charge in [0, 0.05) is 25.2 Å². The average molecular weight is 441 g/mol.